The maximum Gasteiger partial charge on any atom is 0.254 e. The lowest BCUT2D eigenvalue weighted by Crippen LogP contribution is -2.57. The molecule has 0 unspecified atom stereocenters. The van der Waals surface area contributed by atoms with Crippen LogP contribution in [0, 0.1) is 0 Å². The number of alkyl halides is 2. The van der Waals surface area contributed by atoms with Crippen molar-refractivity contribution in [3.63, 3.8) is 0 Å². The van der Waals surface area contributed by atoms with E-state index < -0.39 is 18.1 Å². The molecule has 1 aromatic heterocycles. The molecule has 2 atom stereocenters. The van der Waals surface area contributed by atoms with Gasteiger partial charge in [0.25, 0.3) is 11.8 Å². The minimum atomic E-state index is -2.72. The Kier molecular flexibility index (Phi) is 4.38. The number of morpholine rings is 1. The molecule has 0 spiro atoms. The van der Waals surface area contributed by atoms with E-state index in [1.807, 2.05) is 6.07 Å². The lowest BCUT2D eigenvalue weighted by molar-refractivity contribution is -0.172. The number of carbonyl (C=O) groups is 2. The summed E-state index contributed by atoms with van der Waals surface area (Å²) >= 11 is 0. The van der Waals surface area contributed by atoms with Gasteiger partial charge in [0.1, 0.15) is 6.61 Å². The van der Waals surface area contributed by atoms with Gasteiger partial charge in [-0.15, -0.1) is 0 Å². The summed E-state index contributed by atoms with van der Waals surface area (Å²) in [4.78, 5) is 32.8. The third-order valence-electron chi connectivity index (χ3n) is 5.28. The molecule has 1 aromatic rings. The van der Waals surface area contributed by atoms with Gasteiger partial charge >= 0.3 is 0 Å². The summed E-state index contributed by atoms with van der Waals surface area (Å²) in [6.07, 6.45) is 3.50. The van der Waals surface area contributed by atoms with Crippen LogP contribution in [-0.2, 0) is 14.3 Å². The smallest absolute Gasteiger partial charge is 0.254 e. The molecule has 3 aliphatic rings. The van der Waals surface area contributed by atoms with Gasteiger partial charge in [0.05, 0.1) is 6.04 Å². The van der Waals surface area contributed by atoms with E-state index in [1.54, 1.807) is 23.4 Å². The monoisotopic (exact) mass is 365 g/mol. The molecule has 26 heavy (non-hydrogen) atoms. The van der Waals surface area contributed by atoms with Crippen molar-refractivity contribution in [3.05, 3.63) is 30.1 Å². The summed E-state index contributed by atoms with van der Waals surface area (Å²) in [6, 6.07) is 3.12. The summed E-state index contributed by atoms with van der Waals surface area (Å²) in [6.45, 7) is -0.153. The number of aromatic nitrogens is 1. The number of ether oxygens (including phenoxy) is 1. The zero-order chi connectivity index (χ0) is 18.3. The number of rotatable bonds is 3. The molecule has 6 nitrogen and oxygen atoms in total. The first kappa shape index (κ1) is 17.3. The second kappa shape index (κ2) is 6.57. The number of amides is 2. The number of likely N-dealkylation sites (tertiary alicyclic amines) is 1. The Bertz CT molecular complexity index is 686. The van der Waals surface area contributed by atoms with Gasteiger partial charge in [0.15, 0.2) is 6.10 Å². The highest BCUT2D eigenvalue weighted by Gasteiger charge is 2.49. The van der Waals surface area contributed by atoms with Gasteiger partial charge in [-0.2, -0.15) is 0 Å². The second-order valence-corrected chi connectivity index (χ2v) is 7.18. The van der Waals surface area contributed by atoms with E-state index in [9.17, 15) is 18.4 Å². The van der Waals surface area contributed by atoms with Crippen LogP contribution in [0.4, 0.5) is 8.78 Å². The van der Waals surface area contributed by atoms with Gasteiger partial charge < -0.3 is 14.5 Å². The molecule has 1 aliphatic carbocycles. The maximum atomic E-state index is 13.4. The van der Waals surface area contributed by atoms with E-state index in [0.717, 1.165) is 18.4 Å². The van der Waals surface area contributed by atoms with Crippen LogP contribution < -0.4 is 0 Å². The Morgan fingerprint density at radius 3 is 2.62 bits per heavy atom. The van der Waals surface area contributed by atoms with Crippen LogP contribution in [0.15, 0.2) is 24.5 Å². The molecule has 2 saturated heterocycles. The Morgan fingerprint density at radius 2 is 2.00 bits per heavy atom. The van der Waals surface area contributed by atoms with Gasteiger partial charge in [-0.3, -0.25) is 14.6 Å². The van der Waals surface area contributed by atoms with Crippen LogP contribution in [0.5, 0.6) is 0 Å². The van der Waals surface area contributed by atoms with E-state index >= 15 is 0 Å². The van der Waals surface area contributed by atoms with Crippen LogP contribution in [-0.4, -0.2) is 64.4 Å². The Morgan fingerprint density at radius 1 is 1.27 bits per heavy atom. The fourth-order valence-corrected chi connectivity index (χ4v) is 3.74. The number of hydrogen-bond acceptors (Lipinski definition) is 4. The fraction of sp³-hybridized carbons (Fsp3) is 0.611. The summed E-state index contributed by atoms with van der Waals surface area (Å²) < 4.78 is 32.5. The minimum absolute atomic E-state index is 0.00281. The van der Waals surface area contributed by atoms with Gasteiger partial charge in [-0.1, -0.05) is 6.07 Å². The van der Waals surface area contributed by atoms with Crippen molar-refractivity contribution in [2.45, 2.75) is 49.8 Å². The molecular formula is C18H21F2N3O3. The third kappa shape index (κ3) is 3.30. The normalized spacial score (nSPS) is 28.9. The van der Waals surface area contributed by atoms with Crippen LogP contribution in [0.3, 0.4) is 0 Å². The van der Waals surface area contributed by atoms with E-state index in [2.05, 4.69) is 4.98 Å². The SMILES string of the molecule is O=C([C@H]1OCC(=O)N(C2CC2)[C@@H]1c1cccnc1)N1CCC(F)(F)CC1. The lowest BCUT2D eigenvalue weighted by Gasteiger charge is -2.43. The highest BCUT2D eigenvalue weighted by Crippen LogP contribution is 2.40. The van der Waals surface area contributed by atoms with E-state index in [1.165, 1.54) is 4.90 Å². The molecule has 2 amide bonds. The number of carbonyl (C=O) groups excluding carboxylic acids is 2. The highest BCUT2D eigenvalue weighted by atomic mass is 19.3. The summed E-state index contributed by atoms with van der Waals surface area (Å²) in [5.41, 5.74) is 0.730. The molecule has 0 N–H and O–H groups in total. The molecule has 8 heteroatoms. The van der Waals surface area contributed by atoms with E-state index in [0.29, 0.717) is 0 Å². The Labute approximate surface area is 150 Å². The average Bonchev–Trinajstić information content (AvgIpc) is 3.46. The van der Waals surface area contributed by atoms with E-state index in [4.69, 9.17) is 4.74 Å². The van der Waals surface area contributed by atoms with Crippen LogP contribution >= 0.6 is 0 Å². The quantitative estimate of drug-likeness (QED) is 0.819. The molecule has 0 bridgehead atoms. The summed E-state index contributed by atoms with van der Waals surface area (Å²) in [5, 5.41) is 0. The Balaban J connectivity index is 1.60. The van der Waals surface area contributed by atoms with Crippen LogP contribution in [0.2, 0.25) is 0 Å². The molecule has 140 valence electrons. The largest absolute Gasteiger partial charge is 0.356 e. The number of nitrogens with zero attached hydrogens (tertiary/aromatic N) is 3. The van der Waals surface area contributed by atoms with Crippen molar-refractivity contribution >= 4 is 11.8 Å². The van der Waals surface area contributed by atoms with Crippen molar-refractivity contribution in [3.8, 4) is 0 Å². The van der Waals surface area contributed by atoms with Crippen molar-refractivity contribution in [1.29, 1.82) is 0 Å². The highest BCUT2D eigenvalue weighted by molar-refractivity contribution is 5.87. The van der Waals surface area contributed by atoms with E-state index in [-0.39, 0.29) is 50.4 Å². The fourth-order valence-electron chi connectivity index (χ4n) is 3.74. The molecule has 3 fully saturated rings. The first-order valence-electron chi connectivity index (χ1n) is 8.95. The predicted octanol–water partition coefficient (Wildman–Crippen LogP) is 1.77. The molecule has 1 saturated carbocycles. The number of piperidine rings is 1. The van der Waals surface area contributed by atoms with Crippen molar-refractivity contribution in [2.75, 3.05) is 19.7 Å². The maximum absolute atomic E-state index is 13.4. The average molecular weight is 365 g/mol. The number of hydrogen-bond donors (Lipinski definition) is 0. The molecule has 0 radical (unpaired) electrons. The van der Waals surface area contributed by atoms with Gasteiger partial charge in [0.2, 0.25) is 5.91 Å². The second-order valence-electron chi connectivity index (χ2n) is 7.18. The molecule has 0 aromatic carbocycles. The molecule has 2 aliphatic heterocycles. The minimum Gasteiger partial charge on any atom is -0.356 e. The molecule has 3 heterocycles. The lowest BCUT2D eigenvalue weighted by atomic mass is 9.96. The zero-order valence-electron chi connectivity index (χ0n) is 14.3. The van der Waals surface area contributed by atoms with Crippen LogP contribution in [0.25, 0.3) is 0 Å². The topological polar surface area (TPSA) is 62.7 Å². The van der Waals surface area contributed by atoms with Gasteiger partial charge in [-0.25, -0.2) is 8.78 Å². The number of halogens is 2. The third-order valence-corrected chi connectivity index (χ3v) is 5.28. The standard InChI is InChI=1S/C18H21F2N3O3/c19-18(20)5-8-22(9-6-18)17(25)16-15(12-2-1-7-21-10-12)23(13-3-4-13)14(24)11-26-16/h1-2,7,10,13,15-16H,3-6,8-9,11H2/t15-,16+/m1/s1. The van der Waals surface area contributed by atoms with Gasteiger partial charge in [-0.05, 0) is 24.5 Å². The Hall–Kier alpha value is -2.09. The molecular weight excluding hydrogens is 344 g/mol. The van der Waals surface area contributed by atoms with Crippen molar-refractivity contribution in [1.82, 2.24) is 14.8 Å². The molecule has 4 rings (SSSR count). The first-order valence-corrected chi connectivity index (χ1v) is 8.95. The summed E-state index contributed by atoms with van der Waals surface area (Å²) in [7, 11) is 0. The van der Waals surface area contributed by atoms with Crippen molar-refractivity contribution < 1.29 is 23.1 Å². The summed E-state index contributed by atoms with van der Waals surface area (Å²) in [5.74, 6) is -3.19. The number of pyridine rings is 1. The van der Waals surface area contributed by atoms with Crippen molar-refractivity contribution in [2.24, 2.45) is 0 Å². The first-order chi connectivity index (χ1) is 12.5. The predicted molar refractivity (Wildman–Crippen MR) is 87.3 cm³/mol. The zero-order valence-corrected chi connectivity index (χ0v) is 14.3. The van der Waals surface area contributed by atoms with Gasteiger partial charge in [0, 0.05) is 44.4 Å². The van der Waals surface area contributed by atoms with Crippen LogP contribution in [0.1, 0.15) is 37.3 Å².